The van der Waals surface area contributed by atoms with Gasteiger partial charge in [-0.05, 0) is 18.2 Å². The summed E-state index contributed by atoms with van der Waals surface area (Å²) >= 11 is 0. The first-order valence-corrected chi connectivity index (χ1v) is 6.50. The third kappa shape index (κ3) is 2.29. The third-order valence-electron chi connectivity index (χ3n) is 3.29. The second-order valence-electron chi connectivity index (χ2n) is 4.49. The summed E-state index contributed by atoms with van der Waals surface area (Å²) < 4.78 is 10.6. The molecule has 0 saturated heterocycles. The molecule has 3 aromatic rings. The summed E-state index contributed by atoms with van der Waals surface area (Å²) in [4.78, 5) is 12.7. The van der Waals surface area contributed by atoms with Gasteiger partial charge >= 0.3 is 0 Å². The maximum atomic E-state index is 8.83. The highest BCUT2D eigenvalue weighted by atomic mass is 16.5. The van der Waals surface area contributed by atoms with Gasteiger partial charge in [0.25, 0.3) is 0 Å². The van der Waals surface area contributed by atoms with Gasteiger partial charge in [0.15, 0.2) is 11.5 Å². The minimum Gasteiger partial charge on any atom is -0.493 e. The smallest absolute Gasteiger partial charge is 0.162 e. The molecule has 3 rings (SSSR count). The molecule has 0 spiro atoms. The van der Waals surface area contributed by atoms with Crippen LogP contribution in [0.25, 0.3) is 22.2 Å². The molecule has 6 nitrogen and oxygen atoms in total. The van der Waals surface area contributed by atoms with Crippen LogP contribution in [-0.2, 0) is 0 Å². The van der Waals surface area contributed by atoms with E-state index in [1.165, 1.54) is 6.33 Å². The first-order chi connectivity index (χ1) is 10.8. The fourth-order valence-electron chi connectivity index (χ4n) is 2.21. The van der Waals surface area contributed by atoms with Crippen molar-refractivity contribution in [3.8, 4) is 28.8 Å². The van der Waals surface area contributed by atoms with Crippen molar-refractivity contribution in [1.29, 1.82) is 5.26 Å². The molecule has 0 amide bonds. The molecule has 0 bridgehead atoms. The Balaban J connectivity index is 2.23. The molecule has 2 aromatic heterocycles. The Hall–Kier alpha value is -3.20. The van der Waals surface area contributed by atoms with E-state index in [2.05, 4.69) is 15.0 Å². The van der Waals surface area contributed by atoms with Crippen LogP contribution in [0.3, 0.4) is 0 Å². The molecule has 0 fully saturated rings. The van der Waals surface area contributed by atoms with Crippen LogP contribution in [0.5, 0.6) is 11.5 Å². The second kappa shape index (κ2) is 5.66. The molecule has 0 saturated carbocycles. The van der Waals surface area contributed by atoms with Gasteiger partial charge in [-0.25, -0.2) is 15.0 Å². The number of hydrogen-bond acceptors (Lipinski definition) is 6. The fraction of sp³-hybridized carbons (Fsp3) is 0.125. The Morgan fingerprint density at radius 3 is 2.41 bits per heavy atom. The molecule has 22 heavy (non-hydrogen) atoms. The summed E-state index contributed by atoms with van der Waals surface area (Å²) in [5, 5.41) is 9.65. The van der Waals surface area contributed by atoms with Crippen LogP contribution in [0.2, 0.25) is 0 Å². The predicted molar refractivity (Wildman–Crippen MR) is 80.6 cm³/mol. The van der Waals surface area contributed by atoms with Gasteiger partial charge in [0.2, 0.25) is 0 Å². The maximum Gasteiger partial charge on any atom is 0.162 e. The summed E-state index contributed by atoms with van der Waals surface area (Å²) in [5.41, 5.74) is 2.63. The average molecular weight is 292 g/mol. The molecule has 0 radical (unpaired) electrons. The fourth-order valence-corrected chi connectivity index (χ4v) is 2.21. The number of nitrogens with zero attached hydrogens (tertiary/aromatic N) is 4. The number of aromatic nitrogens is 3. The van der Waals surface area contributed by atoms with Crippen LogP contribution in [-0.4, -0.2) is 29.2 Å². The minimum atomic E-state index is 0.362. The van der Waals surface area contributed by atoms with Gasteiger partial charge in [0, 0.05) is 23.2 Å². The summed E-state index contributed by atoms with van der Waals surface area (Å²) in [5.74, 6) is 1.21. The van der Waals surface area contributed by atoms with E-state index < -0.39 is 0 Å². The van der Waals surface area contributed by atoms with Crippen LogP contribution in [0.15, 0.2) is 36.8 Å². The van der Waals surface area contributed by atoms with Crippen molar-refractivity contribution < 1.29 is 9.47 Å². The Morgan fingerprint density at radius 2 is 1.77 bits per heavy atom. The Morgan fingerprint density at radius 1 is 1.00 bits per heavy atom. The largest absolute Gasteiger partial charge is 0.493 e. The van der Waals surface area contributed by atoms with Gasteiger partial charge in [-0.3, -0.25) is 0 Å². The molecular formula is C16H12N4O2. The lowest BCUT2D eigenvalue weighted by molar-refractivity contribution is 0.356. The van der Waals surface area contributed by atoms with E-state index in [0.717, 1.165) is 22.2 Å². The molecule has 6 heteroatoms. The molecule has 2 heterocycles. The lowest BCUT2D eigenvalue weighted by Gasteiger charge is -2.10. The maximum absolute atomic E-state index is 8.83. The monoisotopic (exact) mass is 292 g/mol. The molecule has 108 valence electrons. The zero-order valence-corrected chi connectivity index (χ0v) is 12.1. The number of methoxy groups -OCH3 is 2. The number of pyridine rings is 1. The molecule has 0 atom stereocenters. The van der Waals surface area contributed by atoms with Crippen molar-refractivity contribution in [3.63, 3.8) is 0 Å². The normalized spacial score (nSPS) is 10.2. The zero-order chi connectivity index (χ0) is 15.5. The van der Waals surface area contributed by atoms with Gasteiger partial charge in [-0.2, -0.15) is 5.26 Å². The lowest BCUT2D eigenvalue weighted by Crippen LogP contribution is -1.95. The van der Waals surface area contributed by atoms with Crippen molar-refractivity contribution in [1.82, 2.24) is 15.0 Å². The molecular weight excluding hydrogens is 280 g/mol. The number of rotatable bonds is 3. The SMILES string of the molecule is COc1cc2ncnc(-c3ccc(C#N)nc3)c2cc1OC. The lowest BCUT2D eigenvalue weighted by atomic mass is 10.1. The van der Waals surface area contributed by atoms with E-state index in [-0.39, 0.29) is 0 Å². The number of benzene rings is 1. The molecule has 1 aromatic carbocycles. The van der Waals surface area contributed by atoms with E-state index in [4.69, 9.17) is 14.7 Å². The molecule has 0 N–H and O–H groups in total. The van der Waals surface area contributed by atoms with Crippen LogP contribution in [0.4, 0.5) is 0 Å². The topological polar surface area (TPSA) is 80.9 Å². The number of hydrogen-bond donors (Lipinski definition) is 0. The Labute approximate surface area is 127 Å². The van der Waals surface area contributed by atoms with E-state index in [1.54, 1.807) is 32.5 Å². The number of nitriles is 1. The van der Waals surface area contributed by atoms with Crippen LogP contribution in [0, 0.1) is 11.3 Å². The van der Waals surface area contributed by atoms with Crippen molar-refractivity contribution in [2.24, 2.45) is 0 Å². The van der Waals surface area contributed by atoms with Gasteiger partial charge in [-0.1, -0.05) is 0 Å². The average Bonchev–Trinajstić information content (AvgIpc) is 2.60. The molecule has 0 aliphatic carbocycles. The summed E-state index contributed by atoms with van der Waals surface area (Å²) in [6.07, 6.45) is 3.11. The Bertz CT molecular complexity index is 870. The van der Waals surface area contributed by atoms with Crippen molar-refractivity contribution in [3.05, 3.63) is 42.5 Å². The molecule has 0 unspecified atom stereocenters. The van der Waals surface area contributed by atoms with Crippen molar-refractivity contribution >= 4 is 10.9 Å². The first kappa shape index (κ1) is 13.8. The highest BCUT2D eigenvalue weighted by Gasteiger charge is 2.12. The predicted octanol–water partition coefficient (Wildman–Crippen LogP) is 2.58. The second-order valence-corrected chi connectivity index (χ2v) is 4.49. The van der Waals surface area contributed by atoms with Gasteiger partial charge in [0.1, 0.15) is 18.1 Å². The first-order valence-electron chi connectivity index (χ1n) is 6.50. The van der Waals surface area contributed by atoms with Gasteiger partial charge in [0.05, 0.1) is 25.4 Å². The standard InChI is InChI=1S/C16H12N4O2/c1-21-14-5-12-13(6-15(14)22-2)19-9-20-16(12)10-3-4-11(7-17)18-8-10/h3-6,8-9H,1-2H3. The van der Waals surface area contributed by atoms with Gasteiger partial charge < -0.3 is 9.47 Å². The van der Waals surface area contributed by atoms with Crippen LogP contribution in [0.1, 0.15) is 5.69 Å². The minimum absolute atomic E-state index is 0.362. The number of fused-ring (bicyclic) bond motifs is 1. The van der Waals surface area contributed by atoms with Crippen molar-refractivity contribution in [2.45, 2.75) is 0 Å². The van der Waals surface area contributed by atoms with Gasteiger partial charge in [-0.15, -0.1) is 0 Å². The van der Waals surface area contributed by atoms with Crippen LogP contribution >= 0.6 is 0 Å². The summed E-state index contributed by atoms with van der Waals surface area (Å²) in [7, 11) is 3.16. The van der Waals surface area contributed by atoms with E-state index >= 15 is 0 Å². The zero-order valence-electron chi connectivity index (χ0n) is 12.1. The Kier molecular flexibility index (Phi) is 3.54. The molecule has 0 aliphatic rings. The van der Waals surface area contributed by atoms with E-state index in [0.29, 0.717) is 17.2 Å². The highest BCUT2D eigenvalue weighted by Crippen LogP contribution is 2.34. The number of ether oxygens (including phenoxy) is 2. The summed E-state index contributed by atoms with van der Waals surface area (Å²) in [6.45, 7) is 0. The van der Waals surface area contributed by atoms with E-state index in [1.807, 2.05) is 18.2 Å². The van der Waals surface area contributed by atoms with Crippen molar-refractivity contribution in [2.75, 3.05) is 14.2 Å². The summed E-state index contributed by atoms with van der Waals surface area (Å²) in [6, 6.07) is 9.10. The quantitative estimate of drug-likeness (QED) is 0.738. The third-order valence-corrected chi connectivity index (χ3v) is 3.29. The van der Waals surface area contributed by atoms with E-state index in [9.17, 15) is 0 Å². The van der Waals surface area contributed by atoms with Crippen LogP contribution < -0.4 is 9.47 Å². The highest BCUT2D eigenvalue weighted by molar-refractivity contribution is 5.94. The molecule has 0 aliphatic heterocycles.